The van der Waals surface area contributed by atoms with Gasteiger partial charge in [-0.25, -0.2) is 4.39 Å². The number of nitrogens with one attached hydrogen (secondary N) is 2. The number of unbranched alkanes of at least 4 members (excludes halogenated alkanes) is 1. The van der Waals surface area contributed by atoms with Gasteiger partial charge >= 0.3 is 0 Å². The number of rotatable bonds is 8. The molecule has 31 heavy (non-hydrogen) atoms. The summed E-state index contributed by atoms with van der Waals surface area (Å²) in [6.07, 6.45) is 3.48. The van der Waals surface area contributed by atoms with E-state index in [2.05, 4.69) is 55.6 Å². The summed E-state index contributed by atoms with van der Waals surface area (Å²) in [6, 6.07) is 16.6. The maximum Gasteiger partial charge on any atom is 0.255 e. The number of benzene rings is 2. The van der Waals surface area contributed by atoms with Crippen LogP contribution in [-0.4, -0.2) is 60.3 Å². The van der Waals surface area contributed by atoms with Crippen molar-refractivity contribution in [3.8, 4) is 11.3 Å². The zero-order chi connectivity index (χ0) is 21.5. The first kappa shape index (κ1) is 21.1. The molecule has 0 bridgehead atoms. The van der Waals surface area contributed by atoms with Gasteiger partial charge in [-0.05, 0) is 55.8 Å². The molecule has 1 saturated heterocycles. The van der Waals surface area contributed by atoms with Crippen LogP contribution < -0.4 is 10.2 Å². The minimum absolute atomic E-state index is 0.162. The molecule has 162 valence electrons. The lowest BCUT2D eigenvalue weighted by Gasteiger charge is -2.36. The van der Waals surface area contributed by atoms with Crippen LogP contribution in [0.4, 0.5) is 10.1 Å². The van der Waals surface area contributed by atoms with Crippen LogP contribution in [-0.2, 0) is 0 Å². The van der Waals surface area contributed by atoms with Crippen LogP contribution in [0.5, 0.6) is 0 Å². The number of H-pyrrole nitrogens is 1. The number of amides is 1. The van der Waals surface area contributed by atoms with E-state index in [1.807, 2.05) is 0 Å². The lowest BCUT2D eigenvalue weighted by Crippen LogP contribution is -2.46. The second-order valence-electron chi connectivity index (χ2n) is 7.79. The Morgan fingerprint density at radius 3 is 2.48 bits per heavy atom. The van der Waals surface area contributed by atoms with E-state index in [0.29, 0.717) is 17.8 Å². The Labute approximate surface area is 182 Å². The zero-order valence-electron chi connectivity index (χ0n) is 17.6. The highest BCUT2D eigenvalue weighted by atomic mass is 19.1. The molecule has 4 rings (SSSR count). The van der Waals surface area contributed by atoms with Crippen LogP contribution in [0.2, 0.25) is 0 Å². The van der Waals surface area contributed by atoms with E-state index in [-0.39, 0.29) is 11.7 Å². The van der Waals surface area contributed by atoms with E-state index in [1.165, 1.54) is 24.0 Å². The fraction of sp³-hybridized carbons (Fsp3) is 0.333. The number of para-hydroxylation sites is 1. The lowest BCUT2D eigenvalue weighted by atomic mass is 10.1. The molecule has 7 heteroatoms. The molecule has 1 fully saturated rings. The van der Waals surface area contributed by atoms with Crippen molar-refractivity contribution in [3.05, 3.63) is 72.2 Å². The van der Waals surface area contributed by atoms with Gasteiger partial charge in [0.25, 0.3) is 5.91 Å². The van der Waals surface area contributed by atoms with Crippen LogP contribution in [0.3, 0.4) is 0 Å². The summed E-state index contributed by atoms with van der Waals surface area (Å²) in [4.78, 5) is 17.5. The van der Waals surface area contributed by atoms with Crippen molar-refractivity contribution in [2.45, 2.75) is 12.8 Å². The molecule has 0 atom stereocenters. The fourth-order valence-electron chi connectivity index (χ4n) is 3.92. The summed E-state index contributed by atoms with van der Waals surface area (Å²) in [5.74, 6) is -0.472. The molecule has 0 spiro atoms. The van der Waals surface area contributed by atoms with Gasteiger partial charge in [-0.3, -0.25) is 14.8 Å². The molecule has 1 aliphatic heterocycles. The topological polar surface area (TPSA) is 64.3 Å². The van der Waals surface area contributed by atoms with Crippen molar-refractivity contribution in [1.82, 2.24) is 20.4 Å². The van der Waals surface area contributed by atoms with Gasteiger partial charge in [0, 0.05) is 44.0 Å². The predicted molar refractivity (Wildman–Crippen MR) is 121 cm³/mol. The molecule has 2 heterocycles. The number of carbonyl (C=O) groups excluding carboxylic acids is 1. The second-order valence-corrected chi connectivity index (χ2v) is 7.79. The predicted octanol–water partition coefficient (Wildman–Crippen LogP) is 3.55. The zero-order valence-corrected chi connectivity index (χ0v) is 17.6. The van der Waals surface area contributed by atoms with E-state index >= 15 is 0 Å². The average Bonchev–Trinajstić information content (AvgIpc) is 3.30. The standard InChI is InChI=1S/C24H28FN5O/c25-20-10-8-19(9-11-20)23-22(18-27-28-23)24(31)26-12-4-5-13-29-14-16-30(17-15-29)21-6-2-1-3-7-21/h1-3,6-11,18H,4-5,12-17H2,(H,26,31)(H,27,28). The van der Waals surface area contributed by atoms with Crippen molar-refractivity contribution in [2.75, 3.05) is 44.2 Å². The van der Waals surface area contributed by atoms with Crippen LogP contribution in [0, 0.1) is 5.82 Å². The van der Waals surface area contributed by atoms with Gasteiger partial charge in [-0.1, -0.05) is 18.2 Å². The molecule has 0 saturated carbocycles. The molecule has 0 aliphatic carbocycles. The first-order valence-electron chi connectivity index (χ1n) is 10.8. The SMILES string of the molecule is O=C(NCCCCN1CCN(c2ccccc2)CC1)c1cn[nH]c1-c1ccc(F)cc1. The summed E-state index contributed by atoms with van der Waals surface area (Å²) in [5, 5.41) is 9.80. The van der Waals surface area contributed by atoms with Crippen molar-refractivity contribution in [2.24, 2.45) is 0 Å². The molecule has 1 aliphatic rings. The quantitative estimate of drug-likeness (QED) is 0.546. The van der Waals surface area contributed by atoms with Crippen LogP contribution in [0.25, 0.3) is 11.3 Å². The lowest BCUT2D eigenvalue weighted by molar-refractivity contribution is 0.0953. The number of hydrogen-bond donors (Lipinski definition) is 2. The molecule has 2 N–H and O–H groups in total. The van der Waals surface area contributed by atoms with E-state index in [1.54, 1.807) is 12.1 Å². The van der Waals surface area contributed by atoms with E-state index in [0.717, 1.165) is 51.1 Å². The number of aromatic nitrogens is 2. The van der Waals surface area contributed by atoms with Crippen LogP contribution >= 0.6 is 0 Å². The highest BCUT2D eigenvalue weighted by Gasteiger charge is 2.17. The van der Waals surface area contributed by atoms with Gasteiger partial charge in [0.1, 0.15) is 5.82 Å². The molecular weight excluding hydrogens is 393 g/mol. The summed E-state index contributed by atoms with van der Waals surface area (Å²) in [5.41, 5.74) is 3.11. The van der Waals surface area contributed by atoms with Gasteiger partial charge < -0.3 is 10.2 Å². The number of piperazine rings is 1. The number of hydrogen-bond acceptors (Lipinski definition) is 4. The summed E-state index contributed by atoms with van der Waals surface area (Å²) < 4.78 is 13.1. The van der Waals surface area contributed by atoms with Crippen molar-refractivity contribution in [1.29, 1.82) is 0 Å². The Hall–Kier alpha value is -3.19. The molecule has 6 nitrogen and oxygen atoms in total. The van der Waals surface area contributed by atoms with Gasteiger partial charge in [0.05, 0.1) is 17.5 Å². The Morgan fingerprint density at radius 1 is 1.00 bits per heavy atom. The van der Waals surface area contributed by atoms with Gasteiger partial charge in [0.15, 0.2) is 0 Å². The number of nitrogens with zero attached hydrogens (tertiary/aromatic N) is 3. The summed E-state index contributed by atoms with van der Waals surface area (Å²) >= 11 is 0. The van der Waals surface area contributed by atoms with E-state index < -0.39 is 0 Å². The van der Waals surface area contributed by atoms with Gasteiger partial charge in [-0.2, -0.15) is 5.10 Å². The third-order valence-corrected chi connectivity index (χ3v) is 5.70. The summed E-state index contributed by atoms with van der Waals surface area (Å²) in [6.45, 7) is 5.90. The monoisotopic (exact) mass is 421 g/mol. The van der Waals surface area contributed by atoms with Crippen LogP contribution in [0.15, 0.2) is 60.8 Å². The largest absolute Gasteiger partial charge is 0.369 e. The van der Waals surface area contributed by atoms with E-state index in [4.69, 9.17) is 0 Å². The maximum absolute atomic E-state index is 13.1. The Balaban J connectivity index is 1.16. The van der Waals surface area contributed by atoms with Crippen LogP contribution in [0.1, 0.15) is 23.2 Å². The highest BCUT2D eigenvalue weighted by molar-refractivity contribution is 5.99. The second kappa shape index (κ2) is 10.2. The minimum atomic E-state index is -0.309. The fourth-order valence-corrected chi connectivity index (χ4v) is 3.92. The first-order valence-corrected chi connectivity index (χ1v) is 10.8. The van der Waals surface area contributed by atoms with E-state index in [9.17, 15) is 9.18 Å². The normalized spacial score (nSPS) is 14.5. The summed E-state index contributed by atoms with van der Waals surface area (Å²) in [7, 11) is 0. The molecule has 3 aromatic rings. The smallest absolute Gasteiger partial charge is 0.255 e. The first-order chi connectivity index (χ1) is 15.2. The van der Waals surface area contributed by atoms with Crippen molar-refractivity contribution >= 4 is 11.6 Å². The number of aromatic amines is 1. The molecule has 1 aromatic heterocycles. The minimum Gasteiger partial charge on any atom is -0.369 e. The van der Waals surface area contributed by atoms with Gasteiger partial charge in [0.2, 0.25) is 0 Å². The third kappa shape index (κ3) is 5.49. The van der Waals surface area contributed by atoms with Crippen molar-refractivity contribution < 1.29 is 9.18 Å². The molecule has 2 aromatic carbocycles. The Kier molecular flexibility index (Phi) is 6.94. The molecule has 0 unspecified atom stereocenters. The van der Waals surface area contributed by atoms with Crippen molar-refractivity contribution in [3.63, 3.8) is 0 Å². The third-order valence-electron chi connectivity index (χ3n) is 5.70. The average molecular weight is 422 g/mol. The highest BCUT2D eigenvalue weighted by Crippen LogP contribution is 2.21. The number of carbonyl (C=O) groups is 1. The molecular formula is C24H28FN5O. The molecule has 0 radical (unpaired) electrons. The molecule has 1 amide bonds. The Morgan fingerprint density at radius 2 is 1.74 bits per heavy atom. The maximum atomic E-state index is 13.1. The number of anilines is 1. The number of halogens is 1. The van der Waals surface area contributed by atoms with Gasteiger partial charge in [-0.15, -0.1) is 0 Å². The Bertz CT molecular complexity index is 965.